The van der Waals surface area contributed by atoms with Gasteiger partial charge in [0.15, 0.2) is 0 Å². The lowest BCUT2D eigenvalue weighted by molar-refractivity contribution is 0.364. The lowest BCUT2D eigenvalue weighted by atomic mass is 10.1. The number of furan rings is 1. The number of terminal acetylenes is 1. The predicted molar refractivity (Wildman–Crippen MR) is 84.2 cm³/mol. The van der Waals surface area contributed by atoms with Crippen LogP contribution in [0, 0.1) is 26.2 Å². The summed E-state index contributed by atoms with van der Waals surface area (Å²) >= 11 is 0. The largest absolute Gasteiger partial charge is 0.481 e. The first kappa shape index (κ1) is 15.2. The van der Waals surface area contributed by atoms with Crippen molar-refractivity contribution < 1.29 is 9.15 Å². The van der Waals surface area contributed by atoms with Crippen LogP contribution in [0.15, 0.2) is 34.7 Å². The Morgan fingerprint density at radius 2 is 2.10 bits per heavy atom. The summed E-state index contributed by atoms with van der Waals surface area (Å²) in [5.74, 6) is 5.22. The van der Waals surface area contributed by atoms with Crippen molar-refractivity contribution in [3.05, 3.63) is 53.0 Å². The van der Waals surface area contributed by atoms with Crippen LogP contribution in [-0.4, -0.2) is 6.61 Å². The van der Waals surface area contributed by atoms with Crippen molar-refractivity contribution >= 4 is 0 Å². The Labute approximate surface area is 126 Å². The summed E-state index contributed by atoms with van der Waals surface area (Å²) in [7, 11) is 0. The Morgan fingerprint density at radius 3 is 2.76 bits per heavy atom. The average Bonchev–Trinajstić information content (AvgIpc) is 2.82. The standard InChI is InChI=1S/C18H21NO2/c1-5-10-20-18-9-7-6-8-16(18)12-19-14(3)17-11-13(2)21-15(17)4/h1,6-9,11,14,19H,10,12H2,2-4H3. The minimum atomic E-state index is 0.211. The van der Waals surface area contributed by atoms with Crippen molar-refractivity contribution in [2.75, 3.05) is 6.61 Å². The Kier molecular flexibility index (Phi) is 5.08. The van der Waals surface area contributed by atoms with Crippen LogP contribution in [-0.2, 0) is 6.54 Å². The fourth-order valence-corrected chi connectivity index (χ4v) is 2.36. The van der Waals surface area contributed by atoms with Gasteiger partial charge in [-0.2, -0.15) is 0 Å². The van der Waals surface area contributed by atoms with Gasteiger partial charge in [-0.05, 0) is 32.9 Å². The van der Waals surface area contributed by atoms with Crippen LogP contribution < -0.4 is 10.1 Å². The maximum Gasteiger partial charge on any atom is 0.148 e. The van der Waals surface area contributed by atoms with Crippen molar-refractivity contribution in [1.29, 1.82) is 0 Å². The highest BCUT2D eigenvalue weighted by Crippen LogP contribution is 2.23. The highest BCUT2D eigenvalue weighted by atomic mass is 16.5. The van der Waals surface area contributed by atoms with Crippen LogP contribution in [0.5, 0.6) is 5.75 Å². The molecule has 0 saturated heterocycles. The summed E-state index contributed by atoms with van der Waals surface area (Å²) in [4.78, 5) is 0. The lowest BCUT2D eigenvalue weighted by Gasteiger charge is -2.15. The van der Waals surface area contributed by atoms with Crippen molar-refractivity contribution in [3.8, 4) is 18.1 Å². The molecule has 0 spiro atoms. The smallest absolute Gasteiger partial charge is 0.148 e. The molecule has 2 aromatic rings. The Bertz CT molecular complexity index is 637. The molecule has 0 radical (unpaired) electrons. The van der Waals surface area contributed by atoms with E-state index in [1.165, 1.54) is 5.56 Å². The summed E-state index contributed by atoms with van der Waals surface area (Å²) in [5, 5.41) is 3.49. The minimum absolute atomic E-state index is 0.211. The zero-order chi connectivity index (χ0) is 15.2. The first-order valence-electron chi connectivity index (χ1n) is 7.06. The van der Waals surface area contributed by atoms with Crippen molar-refractivity contribution in [2.24, 2.45) is 0 Å². The van der Waals surface area contributed by atoms with E-state index in [1.54, 1.807) is 0 Å². The normalized spacial score (nSPS) is 11.9. The average molecular weight is 283 g/mol. The molecule has 110 valence electrons. The number of aryl methyl sites for hydroxylation is 2. The molecule has 1 aromatic heterocycles. The van der Waals surface area contributed by atoms with E-state index in [4.69, 9.17) is 15.6 Å². The second-order valence-corrected chi connectivity index (χ2v) is 5.07. The summed E-state index contributed by atoms with van der Waals surface area (Å²) < 4.78 is 11.1. The van der Waals surface area contributed by atoms with Gasteiger partial charge in [-0.25, -0.2) is 0 Å². The van der Waals surface area contributed by atoms with E-state index in [1.807, 2.05) is 38.1 Å². The second kappa shape index (κ2) is 7.01. The lowest BCUT2D eigenvalue weighted by Crippen LogP contribution is -2.18. The van der Waals surface area contributed by atoms with Crippen molar-refractivity contribution in [2.45, 2.75) is 33.4 Å². The number of hydrogen-bond donors (Lipinski definition) is 1. The number of para-hydroxylation sites is 1. The number of nitrogens with one attached hydrogen (secondary N) is 1. The molecule has 1 aromatic carbocycles. The molecule has 3 heteroatoms. The minimum Gasteiger partial charge on any atom is -0.481 e. The summed E-state index contributed by atoms with van der Waals surface area (Å²) in [5.41, 5.74) is 2.28. The molecule has 2 rings (SSSR count). The van der Waals surface area contributed by atoms with Crippen LogP contribution >= 0.6 is 0 Å². The van der Waals surface area contributed by atoms with Crippen LogP contribution in [0.3, 0.4) is 0 Å². The van der Waals surface area contributed by atoms with Gasteiger partial charge in [-0.3, -0.25) is 0 Å². The molecule has 0 aliphatic heterocycles. The number of rotatable bonds is 6. The summed E-state index contributed by atoms with van der Waals surface area (Å²) in [6.45, 7) is 7.08. The van der Waals surface area contributed by atoms with E-state index in [0.29, 0.717) is 6.54 Å². The van der Waals surface area contributed by atoms with Crippen LogP contribution in [0.2, 0.25) is 0 Å². The summed E-state index contributed by atoms with van der Waals surface area (Å²) in [6, 6.07) is 10.2. The molecule has 0 amide bonds. The van der Waals surface area contributed by atoms with Crippen molar-refractivity contribution in [1.82, 2.24) is 5.32 Å². The highest BCUT2D eigenvalue weighted by Gasteiger charge is 2.13. The SMILES string of the molecule is C#CCOc1ccccc1CNC(C)c1cc(C)oc1C. The van der Waals surface area contributed by atoms with Gasteiger partial charge in [0, 0.05) is 23.7 Å². The number of benzene rings is 1. The molecule has 1 N–H and O–H groups in total. The van der Waals surface area contributed by atoms with E-state index in [9.17, 15) is 0 Å². The van der Waals surface area contributed by atoms with Gasteiger partial charge in [0.2, 0.25) is 0 Å². The second-order valence-electron chi connectivity index (χ2n) is 5.07. The highest BCUT2D eigenvalue weighted by molar-refractivity contribution is 5.34. The van der Waals surface area contributed by atoms with E-state index in [-0.39, 0.29) is 12.6 Å². The van der Waals surface area contributed by atoms with Crippen LogP contribution in [0.1, 0.15) is 35.6 Å². The Morgan fingerprint density at radius 1 is 1.33 bits per heavy atom. The van der Waals surface area contributed by atoms with Crippen LogP contribution in [0.25, 0.3) is 0 Å². The maximum absolute atomic E-state index is 5.58. The van der Waals surface area contributed by atoms with Gasteiger partial charge in [0.05, 0.1) is 0 Å². The molecular weight excluding hydrogens is 262 g/mol. The monoisotopic (exact) mass is 283 g/mol. The maximum atomic E-state index is 5.58. The van der Waals surface area contributed by atoms with E-state index in [0.717, 1.165) is 22.8 Å². The number of hydrogen-bond acceptors (Lipinski definition) is 3. The molecule has 1 unspecified atom stereocenters. The number of ether oxygens (including phenoxy) is 1. The predicted octanol–water partition coefficient (Wildman–Crippen LogP) is 3.76. The molecule has 0 aliphatic carbocycles. The molecule has 1 heterocycles. The summed E-state index contributed by atoms with van der Waals surface area (Å²) in [6.07, 6.45) is 5.24. The Balaban J connectivity index is 2.03. The Hall–Kier alpha value is -2.18. The fourth-order valence-electron chi connectivity index (χ4n) is 2.36. The third kappa shape index (κ3) is 3.90. The molecule has 21 heavy (non-hydrogen) atoms. The van der Waals surface area contributed by atoms with E-state index in [2.05, 4.69) is 24.2 Å². The van der Waals surface area contributed by atoms with Crippen LogP contribution in [0.4, 0.5) is 0 Å². The fraction of sp³-hybridized carbons (Fsp3) is 0.333. The third-order valence-electron chi connectivity index (χ3n) is 3.43. The van der Waals surface area contributed by atoms with Gasteiger partial charge < -0.3 is 14.5 Å². The van der Waals surface area contributed by atoms with Gasteiger partial charge in [-0.1, -0.05) is 24.1 Å². The molecule has 0 saturated carbocycles. The molecule has 0 bridgehead atoms. The molecule has 1 atom stereocenters. The molecule has 3 nitrogen and oxygen atoms in total. The zero-order valence-corrected chi connectivity index (χ0v) is 12.8. The third-order valence-corrected chi connectivity index (χ3v) is 3.43. The van der Waals surface area contributed by atoms with Gasteiger partial charge in [0.25, 0.3) is 0 Å². The van der Waals surface area contributed by atoms with Gasteiger partial charge in [0.1, 0.15) is 23.9 Å². The quantitative estimate of drug-likeness (QED) is 0.820. The molecule has 0 fully saturated rings. The van der Waals surface area contributed by atoms with Gasteiger partial charge in [-0.15, -0.1) is 6.42 Å². The molecule has 0 aliphatic rings. The topological polar surface area (TPSA) is 34.4 Å². The van der Waals surface area contributed by atoms with Crippen molar-refractivity contribution in [3.63, 3.8) is 0 Å². The first-order chi connectivity index (χ1) is 10.1. The molecular formula is C18H21NO2. The zero-order valence-electron chi connectivity index (χ0n) is 12.8. The first-order valence-corrected chi connectivity index (χ1v) is 7.06. The van der Waals surface area contributed by atoms with Gasteiger partial charge >= 0.3 is 0 Å². The van der Waals surface area contributed by atoms with E-state index >= 15 is 0 Å². The van der Waals surface area contributed by atoms with E-state index < -0.39 is 0 Å².